The Morgan fingerprint density at radius 2 is 1.89 bits per heavy atom. The third kappa shape index (κ3) is 3.97. The number of nitrogens with one attached hydrogen (secondary N) is 2. The van der Waals surface area contributed by atoms with Crippen LogP contribution in [0.5, 0.6) is 5.75 Å². The lowest BCUT2D eigenvalue weighted by Gasteiger charge is -2.13. The average molecular weight is 461 g/mol. The zero-order valence-corrected chi connectivity index (χ0v) is 19.2. The van der Waals surface area contributed by atoms with E-state index < -0.39 is 0 Å². The minimum absolute atomic E-state index is 0.177. The van der Waals surface area contributed by atoms with Crippen LogP contribution in [0.1, 0.15) is 35.6 Å². The lowest BCUT2D eigenvalue weighted by atomic mass is 9.96. The van der Waals surface area contributed by atoms with Gasteiger partial charge in [-0.05, 0) is 66.1 Å². The fourth-order valence-corrected chi connectivity index (χ4v) is 4.47. The Bertz CT molecular complexity index is 1610. The topological polar surface area (TPSA) is 116 Å². The predicted octanol–water partition coefficient (Wildman–Crippen LogP) is 5.73. The Hall–Kier alpha value is -4.65. The average Bonchev–Trinajstić information content (AvgIpc) is 3.52. The van der Waals surface area contributed by atoms with Gasteiger partial charge in [0.25, 0.3) is 0 Å². The molecule has 1 aliphatic carbocycles. The number of imidazole rings is 2. The van der Waals surface area contributed by atoms with Gasteiger partial charge in [-0.1, -0.05) is 30.3 Å². The van der Waals surface area contributed by atoms with Crippen molar-refractivity contribution in [1.29, 1.82) is 0 Å². The third-order valence-corrected chi connectivity index (χ3v) is 6.45. The smallest absolute Gasteiger partial charge is 0.115 e. The standard InChI is InChI=1S/C28H24N6O/c1-16(32-25-13-19(4-9-22(25)29)17-2-7-21(35)8-3-17)18-5-11-24-27(12-18)34-28(33-24)20-6-10-23-26(14-20)31-15-30-23/h2-13,15,20,35H,14,29H2,1H3,(H,30,31)(H,33,34). The summed E-state index contributed by atoms with van der Waals surface area (Å²) in [7, 11) is 0. The minimum atomic E-state index is 0.177. The van der Waals surface area contributed by atoms with Crippen molar-refractivity contribution in [2.24, 2.45) is 4.99 Å². The number of aromatic hydroxyl groups is 1. The first kappa shape index (κ1) is 20.9. The molecule has 2 heterocycles. The number of aromatic amines is 2. The first-order chi connectivity index (χ1) is 17.0. The maximum atomic E-state index is 9.57. The summed E-state index contributed by atoms with van der Waals surface area (Å²) in [6, 6.07) is 19.0. The van der Waals surface area contributed by atoms with E-state index in [4.69, 9.17) is 15.7 Å². The molecule has 0 amide bonds. The molecule has 0 radical (unpaired) electrons. The van der Waals surface area contributed by atoms with E-state index >= 15 is 0 Å². The van der Waals surface area contributed by atoms with Gasteiger partial charge in [0.2, 0.25) is 0 Å². The molecule has 1 unspecified atom stereocenters. The van der Waals surface area contributed by atoms with Crippen molar-refractivity contribution in [3.05, 3.63) is 95.8 Å². The summed E-state index contributed by atoms with van der Waals surface area (Å²) in [5.74, 6) is 1.35. The molecule has 1 atom stereocenters. The number of rotatable bonds is 4. The molecule has 2 aromatic heterocycles. The number of phenolic OH excluding ortho intramolecular Hbond substituents is 1. The number of hydrogen-bond donors (Lipinski definition) is 4. The molecule has 7 nitrogen and oxygen atoms in total. The van der Waals surface area contributed by atoms with E-state index in [1.54, 1.807) is 18.5 Å². The van der Waals surface area contributed by atoms with E-state index in [-0.39, 0.29) is 11.7 Å². The van der Waals surface area contributed by atoms with Crippen molar-refractivity contribution >= 4 is 34.2 Å². The molecule has 0 spiro atoms. The number of benzene rings is 3. The number of aromatic nitrogens is 4. The van der Waals surface area contributed by atoms with Crippen LogP contribution in [-0.4, -0.2) is 30.8 Å². The summed E-state index contributed by atoms with van der Waals surface area (Å²) in [6.45, 7) is 1.98. The van der Waals surface area contributed by atoms with Crippen LogP contribution < -0.4 is 5.73 Å². The van der Waals surface area contributed by atoms with Gasteiger partial charge in [-0.2, -0.15) is 0 Å². The largest absolute Gasteiger partial charge is 0.508 e. The molecule has 0 bridgehead atoms. The van der Waals surface area contributed by atoms with Crippen LogP contribution in [0.25, 0.3) is 28.2 Å². The SMILES string of the molecule is CC(=Nc1cc(-c2ccc(O)cc2)ccc1N)c1ccc2nc(C3C=Cc4nc[nH]c4C3)[nH]c2c1. The number of anilines is 1. The highest BCUT2D eigenvalue weighted by Crippen LogP contribution is 2.32. The number of hydrogen-bond acceptors (Lipinski definition) is 5. The first-order valence-corrected chi connectivity index (χ1v) is 11.5. The Labute approximate surface area is 202 Å². The number of fused-ring (bicyclic) bond motifs is 2. The second kappa shape index (κ2) is 8.29. The molecule has 0 saturated heterocycles. The summed E-state index contributed by atoms with van der Waals surface area (Å²) < 4.78 is 0. The molecule has 7 heteroatoms. The van der Waals surface area contributed by atoms with Crippen molar-refractivity contribution < 1.29 is 5.11 Å². The van der Waals surface area contributed by atoms with E-state index in [2.05, 4.69) is 27.1 Å². The number of allylic oxidation sites excluding steroid dienone is 1. The van der Waals surface area contributed by atoms with Gasteiger partial charge in [0.05, 0.1) is 34.4 Å². The lowest BCUT2D eigenvalue weighted by Crippen LogP contribution is -2.07. The molecule has 6 rings (SSSR count). The molecule has 3 aromatic carbocycles. The summed E-state index contributed by atoms with van der Waals surface area (Å²) in [4.78, 5) is 20.7. The van der Waals surface area contributed by atoms with Crippen LogP contribution >= 0.6 is 0 Å². The van der Waals surface area contributed by atoms with E-state index in [9.17, 15) is 5.11 Å². The number of aliphatic imine (C=N–C) groups is 1. The van der Waals surface area contributed by atoms with Gasteiger partial charge in [-0.25, -0.2) is 9.97 Å². The first-order valence-electron chi connectivity index (χ1n) is 11.5. The number of nitrogens with zero attached hydrogens (tertiary/aromatic N) is 3. The molecule has 35 heavy (non-hydrogen) atoms. The van der Waals surface area contributed by atoms with Crippen molar-refractivity contribution in [3.63, 3.8) is 0 Å². The molecule has 5 N–H and O–H groups in total. The van der Waals surface area contributed by atoms with Crippen LogP contribution in [0.4, 0.5) is 11.4 Å². The van der Waals surface area contributed by atoms with Crippen LogP contribution in [0.15, 0.2) is 78.1 Å². The van der Waals surface area contributed by atoms with Crippen LogP contribution in [-0.2, 0) is 6.42 Å². The van der Waals surface area contributed by atoms with E-state index in [1.807, 2.05) is 55.5 Å². The summed E-state index contributed by atoms with van der Waals surface area (Å²) in [5, 5.41) is 9.57. The van der Waals surface area contributed by atoms with E-state index in [0.29, 0.717) is 11.4 Å². The van der Waals surface area contributed by atoms with Crippen molar-refractivity contribution in [1.82, 2.24) is 19.9 Å². The molecule has 0 aliphatic heterocycles. The second-order valence-corrected chi connectivity index (χ2v) is 8.81. The van der Waals surface area contributed by atoms with Gasteiger partial charge in [0, 0.05) is 23.7 Å². The van der Waals surface area contributed by atoms with Crippen molar-refractivity contribution in [3.8, 4) is 16.9 Å². The molecule has 5 aromatic rings. The van der Waals surface area contributed by atoms with Crippen molar-refractivity contribution in [2.45, 2.75) is 19.3 Å². The van der Waals surface area contributed by atoms with Gasteiger partial charge >= 0.3 is 0 Å². The lowest BCUT2D eigenvalue weighted by molar-refractivity contribution is 0.475. The monoisotopic (exact) mass is 460 g/mol. The highest BCUT2D eigenvalue weighted by Gasteiger charge is 2.20. The zero-order chi connectivity index (χ0) is 23.9. The Balaban J connectivity index is 1.30. The third-order valence-electron chi connectivity index (χ3n) is 6.45. The summed E-state index contributed by atoms with van der Waals surface area (Å²) in [5.41, 5.74) is 15.4. The Kier molecular flexibility index (Phi) is 4.95. The fraction of sp³-hybridized carbons (Fsp3) is 0.107. The van der Waals surface area contributed by atoms with E-state index in [0.717, 1.165) is 57.1 Å². The maximum Gasteiger partial charge on any atom is 0.115 e. The van der Waals surface area contributed by atoms with Gasteiger partial charge in [0.1, 0.15) is 11.6 Å². The van der Waals surface area contributed by atoms with Gasteiger partial charge in [0.15, 0.2) is 0 Å². The highest BCUT2D eigenvalue weighted by molar-refractivity contribution is 6.03. The Morgan fingerprint density at radius 3 is 2.74 bits per heavy atom. The number of nitrogen functional groups attached to an aromatic ring is 1. The second-order valence-electron chi connectivity index (χ2n) is 8.81. The molecule has 0 fully saturated rings. The van der Waals surface area contributed by atoms with Crippen LogP contribution in [0, 0.1) is 0 Å². The molecule has 0 saturated carbocycles. The molecular weight excluding hydrogens is 436 g/mol. The number of nitrogens with two attached hydrogens (primary N) is 1. The summed E-state index contributed by atoms with van der Waals surface area (Å²) in [6.07, 6.45) is 6.78. The number of H-pyrrole nitrogens is 2. The normalized spacial score (nSPS) is 15.5. The maximum absolute atomic E-state index is 9.57. The van der Waals surface area contributed by atoms with Gasteiger partial charge in [-0.15, -0.1) is 0 Å². The Morgan fingerprint density at radius 1 is 1.06 bits per heavy atom. The van der Waals surface area contributed by atoms with E-state index in [1.165, 1.54) is 0 Å². The minimum Gasteiger partial charge on any atom is -0.508 e. The number of phenols is 1. The molecular formula is C28H24N6O. The molecule has 172 valence electrons. The van der Waals surface area contributed by atoms with Crippen LogP contribution in [0.3, 0.4) is 0 Å². The summed E-state index contributed by atoms with van der Waals surface area (Å²) >= 11 is 0. The fourth-order valence-electron chi connectivity index (χ4n) is 4.47. The highest BCUT2D eigenvalue weighted by atomic mass is 16.3. The zero-order valence-electron chi connectivity index (χ0n) is 19.2. The van der Waals surface area contributed by atoms with Crippen LogP contribution in [0.2, 0.25) is 0 Å². The quantitative estimate of drug-likeness (QED) is 0.202. The molecule has 1 aliphatic rings. The predicted molar refractivity (Wildman–Crippen MR) is 140 cm³/mol. The van der Waals surface area contributed by atoms with Gasteiger partial charge in [-0.3, -0.25) is 4.99 Å². The van der Waals surface area contributed by atoms with Crippen molar-refractivity contribution in [2.75, 3.05) is 5.73 Å². The van der Waals surface area contributed by atoms with Gasteiger partial charge < -0.3 is 20.8 Å².